The molecule has 4 nitrogen and oxygen atoms in total. The Labute approximate surface area is 58.9 Å². The second kappa shape index (κ2) is 2.51. The third-order valence-corrected chi connectivity index (χ3v) is 1.18. The molecule has 0 spiro atoms. The third kappa shape index (κ3) is 1.15. The van der Waals surface area contributed by atoms with Gasteiger partial charge in [0.05, 0.1) is 11.9 Å². The number of aromatic nitrogens is 2. The first kappa shape index (κ1) is 6.80. The van der Waals surface area contributed by atoms with Crippen LogP contribution in [0, 0.1) is 6.92 Å². The molecule has 0 aliphatic rings. The fourth-order valence-electron chi connectivity index (χ4n) is 0.581. The van der Waals surface area contributed by atoms with Crippen LogP contribution in [0.2, 0.25) is 0 Å². The summed E-state index contributed by atoms with van der Waals surface area (Å²) in [6.45, 7) is 1.72. The lowest BCUT2D eigenvalue weighted by molar-refractivity contribution is 0.464. The van der Waals surface area contributed by atoms with Gasteiger partial charge in [-0.1, -0.05) is 0 Å². The van der Waals surface area contributed by atoms with Crippen LogP contribution in [0.25, 0.3) is 0 Å². The molecule has 2 N–H and O–H groups in total. The summed E-state index contributed by atoms with van der Waals surface area (Å²) >= 11 is 0. The van der Waals surface area contributed by atoms with E-state index < -0.39 is 0 Å². The molecule has 1 aromatic rings. The van der Waals surface area contributed by atoms with Crippen molar-refractivity contribution in [3.8, 4) is 5.75 Å². The minimum absolute atomic E-state index is 0.124. The van der Waals surface area contributed by atoms with Gasteiger partial charge in [-0.2, -0.15) is 0 Å². The zero-order valence-electron chi connectivity index (χ0n) is 5.92. The Balaban J connectivity index is 3.04. The van der Waals surface area contributed by atoms with Crippen LogP contribution in [0.3, 0.4) is 0 Å². The predicted octanol–water partition coefficient (Wildman–Crippen LogP) is 0.532. The molecule has 0 aliphatic heterocycles. The van der Waals surface area contributed by atoms with Crippen LogP contribution in [0.4, 0.5) is 5.95 Å². The Bertz CT molecular complexity index is 236. The van der Waals surface area contributed by atoms with Crippen LogP contribution in [0.5, 0.6) is 5.75 Å². The summed E-state index contributed by atoms with van der Waals surface area (Å²) < 4.78 is 0. The fourth-order valence-corrected chi connectivity index (χ4v) is 0.581. The molecule has 0 aliphatic carbocycles. The van der Waals surface area contributed by atoms with Crippen molar-refractivity contribution in [1.82, 2.24) is 9.97 Å². The minimum Gasteiger partial charge on any atom is -0.504 e. The molecule has 1 rings (SSSR count). The van der Waals surface area contributed by atoms with Crippen molar-refractivity contribution in [3.05, 3.63) is 11.9 Å². The molecule has 0 unspecified atom stereocenters. The van der Waals surface area contributed by atoms with Crippen molar-refractivity contribution in [2.45, 2.75) is 6.92 Å². The molecule has 0 bridgehead atoms. The second-order valence-corrected chi connectivity index (χ2v) is 1.91. The number of anilines is 1. The van der Waals surface area contributed by atoms with E-state index in [1.807, 2.05) is 0 Å². The van der Waals surface area contributed by atoms with Crippen molar-refractivity contribution in [3.63, 3.8) is 0 Å². The summed E-state index contributed by atoms with van der Waals surface area (Å²) in [5.41, 5.74) is 0.583. The highest BCUT2D eigenvalue weighted by molar-refractivity contribution is 5.30. The van der Waals surface area contributed by atoms with Gasteiger partial charge < -0.3 is 10.4 Å². The molecule has 0 amide bonds. The van der Waals surface area contributed by atoms with E-state index in [-0.39, 0.29) is 5.75 Å². The normalized spacial score (nSPS) is 9.40. The Morgan fingerprint density at radius 2 is 2.30 bits per heavy atom. The average molecular weight is 139 g/mol. The van der Waals surface area contributed by atoms with E-state index in [1.165, 1.54) is 6.20 Å². The summed E-state index contributed by atoms with van der Waals surface area (Å²) in [6, 6.07) is 0. The predicted molar refractivity (Wildman–Crippen MR) is 38.0 cm³/mol. The summed E-state index contributed by atoms with van der Waals surface area (Å²) in [6.07, 6.45) is 1.37. The zero-order valence-corrected chi connectivity index (χ0v) is 5.92. The molecular weight excluding hydrogens is 130 g/mol. The number of nitrogens with one attached hydrogen (secondary N) is 1. The van der Waals surface area contributed by atoms with Gasteiger partial charge in [-0.15, -0.1) is 0 Å². The van der Waals surface area contributed by atoms with E-state index >= 15 is 0 Å². The van der Waals surface area contributed by atoms with Crippen LogP contribution in [-0.2, 0) is 0 Å². The van der Waals surface area contributed by atoms with Gasteiger partial charge in [0.25, 0.3) is 0 Å². The first-order chi connectivity index (χ1) is 4.74. The molecule has 1 heterocycles. The van der Waals surface area contributed by atoms with E-state index in [9.17, 15) is 0 Å². The molecule has 54 valence electrons. The van der Waals surface area contributed by atoms with Crippen LogP contribution in [-0.4, -0.2) is 22.1 Å². The van der Waals surface area contributed by atoms with Crippen molar-refractivity contribution in [2.75, 3.05) is 12.4 Å². The third-order valence-electron chi connectivity index (χ3n) is 1.18. The van der Waals surface area contributed by atoms with Gasteiger partial charge in [0.15, 0.2) is 5.75 Å². The van der Waals surface area contributed by atoms with Crippen molar-refractivity contribution >= 4 is 5.95 Å². The van der Waals surface area contributed by atoms with Gasteiger partial charge in [-0.25, -0.2) is 9.97 Å². The molecular formula is C6H9N3O. The smallest absolute Gasteiger partial charge is 0.222 e. The highest BCUT2D eigenvalue weighted by atomic mass is 16.3. The first-order valence-corrected chi connectivity index (χ1v) is 2.94. The lowest BCUT2D eigenvalue weighted by Gasteiger charge is -1.99. The average Bonchev–Trinajstić information content (AvgIpc) is 1.95. The molecule has 0 radical (unpaired) electrons. The van der Waals surface area contributed by atoms with E-state index in [4.69, 9.17) is 5.11 Å². The highest BCUT2D eigenvalue weighted by Gasteiger charge is 1.97. The topological polar surface area (TPSA) is 58.0 Å². The Morgan fingerprint density at radius 1 is 1.60 bits per heavy atom. The maximum Gasteiger partial charge on any atom is 0.222 e. The Kier molecular flexibility index (Phi) is 1.71. The number of aryl methyl sites for hydroxylation is 1. The van der Waals surface area contributed by atoms with Gasteiger partial charge in [-0.05, 0) is 6.92 Å². The summed E-state index contributed by atoms with van der Waals surface area (Å²) in [7, 11) is 1.73. The second-order valence-electron chi connectivity index (χ2n) is 1.91. The molecule has 0 saturated heterocycles. The van der Waals surface area contributed by atoms with E-state index in [0.717, 1.165) is 0 Å². The van der Waals surface area contributed by atoms with Gasteiger partial charge in [0, 0.05) is 7.05 Å². The van der Waals surface area contributed by atoms with Gasteiger partial charge in [0.2, 0.25) is 5.95 Å². The van der Waals surface area contributed by atoms with Gasteiger partial charge in [-0.3, -0.25) is 0 Å². The monoisotopic (exact) mass is 139 g/mol. The number of nitrogens with zero attached hydrogens (tertiary/aromatic N) is 2. The Morgan fingerprint density at radius 3 is 2.80 bits per heavy atom. The van der Waals surface area contributed by atoms with E-state index in [1.54, 1.807) is 14.0 Å². The highest BCUT2D eigenvalue weighted by Crippen LogP contribution is 2.11. The zero-order chi connectivity index (χ0) is 7.56. The fraction of sp³-hybridized carbons (Fsp3) is 0.333. The minimum atomic E-state index is 0.124. The number of aromatic hydroxyl groups is 1. The SMILES string of the molecule is CNc1ncc(O)c(C)n1. The molecule has 10 heavy (non-hydrogen) atoms. The van der Waals surface area contributed by atoms with Crippen molar-refractivity contribution in [2.24, 2.45) is 0 Å². The molecule has 0 atom stereocenters. The summed E-state index contributed by atoms with van der Waals surface area (Å²) in [5, 5.41) is 11.7. The van der Waals surface area contributed by atoms with Gasteiger partial charge in [0.1, 0.15) is 0 Å². The summed E-state index contributed by atoms with van der Waals surface area (Å²) in [5.74, 6) is 0.648. The maximum atomic E-state index is 8.99. The number of hydrogen-bond donors (Lipinski definition) is 2. The first-order valence-electron chi connectivity index (χ1n) is 2.94. The lowest BCUT2D eigenvalue weighted by atomic mass is 10.4. The van der Waals surface area contributed by atoms with Crippen LogP contribution in [0.15, 0.2) is 6.20 Å². The largest absolute Gasteiger partial charge is 0.504 e. The lowest BCUT2D eigenvalue weighted by Crippen LogP contribution is -1.96. The van der Waals surface area contributed by atoms with Crippen LogP contribution < -0.4 is 5.32 Å². The van der Waals surface area contributed by atoms with E-state index in [0.29, 0.717) is 11.6 Å². The quantitative estimate of drug-likeness (QED) is 0.596. The van der Waals surface area contributed by atoms with Crippen LogP contribution >= 0.6 is 0 Å². The standard InChI is InChI=1S/C6H9N3O/c1-4-5(10)3-8-6(7-2)9-4/h3,10H,1-2H3,(H,7,8,9). The molecule has 1 aromatic heterocycles. The molecule has 0 saturated carbocycles. The van der Waals surface area contributed by atoms with Crippen LogP contribution in [0.1, 0.15) is 5.69 Å². The van der Waals surface area contributed by atoms with E-state index in [2.05, 4.69) is 15.3 Å². The van der Waals surface area contributed by atoms with Crippen molar-refractivity contribution in [1.29, 1.82) is 0 Å². The number of rotatable bonds is 1. The molecule has 0 aromatic carbocycles. The van der Waals surface area contributed by atoms with Crippen molar-refractivity contribution < 1.29 is 5.11 Å². The maximum absolute atomic E-state index is 8.99. The molecule has 0 fully saturated rings. The Hall–Kier alpha value is -1.32. The molecule has 4 heteroatoms. The summed E-state index contributed by atoms with van der Waals surface area (Å²) in [4.78, 5) is 7.70. The van der Waals surface area contributed by atoms with Gasteiger partial charge >= 0.3 is 0 Å². The number of hydrogen-bond acceptors (Lipinski definition) is 4.